The molecule has 0 unspecified atom stereocenters. The third-order valence-corrected chi connectivity index (χ3v) is 2.20. The van der Waals surface area contributed by atoms with E-state index in [0.29, 0.717) is 0 Å². The van der Waals surface area contributed by atoms with Gasteiger partial charge in [-0.1, -0.05) is 0 Å². The molecule has 21 heavy (non-hydrogen) atoms. The molecule has 0 saturated heterocycles. The van der Waals surface area contributed by atoms with Gasteiger partial charge >= 0.3 is 5.97 Å². The zero-order valence-corrected chi connectivity index (χ0v) is 11.3. The van der Waals surface area contributed by atoms with E-state index in [2.05, 4.69) is 0 Å². The molecule has 124 valence electrons. The quantitative estimate of drug-likeness (QED) is 0.128. The second-order valence-corrected chi connectivity index (χ2v) is 3.99. The van der Waals surface area contributed by atoms with E-state index in [9.17, 15) is 9.59 Å². The number of aliphatic carboxylic acids is 1. The maximum atomic E-state index is 9.92. The Kier molecular flexibility index (Phi) is 11.2. The molecule has 0 aromatic heterocycles. The van der Waals surface area contributed by atoms with Gasteiger partial charge in [-0.2, -0.15) is 0 Å². The first-order valence-electron chi connectivity index (χ1n) is 5.63. The van der Waals surface area contributed by atoms with Crippen molar-refractivity contribution in [2.24, 2.45) is 5.73 Å². The third-order valence-electron chi connectivity index (χ3n) is 2.20. The first-order valence-corrected chi connectivity index (χ1v) is 5.63. The SMILES string of the molecule is CN(CC(=O)O)C(=N)N.O=C[C@H](O)[C@@H](O)[C@H](O)[C@H](O)CO. The number of rotatable bonds is 7. The van der Waals surface area contributed by atoms with Crippen molar-refractivity contribution >= 4 is 18.2 Å². The molecule has 0 heterocycles. The Morgan fingerprint density at radius 1 is 1.29 bits per heavy atom. The Morgan fingerprint density at radius 3 is 2.00 bits per heavy atom. The van der Waals surface area contributed by atoms with Gasteiger partial charge in [-0.25, -0.2) is 0 Å². The monoisotopic (exact) mass is 311 g/mol. The number of nitrogens with one attached hydrogen (secondary N) is 1. The summed E-state index contributed by atoms with van der Waals surface area (Å²) in [7, 11) is 1.44. The molecule has 0 aliphatic heterocycles. The average Bonchev–Trinajstić information content (AvgIpc) is 2.43. The van der Waals surface area contributed by atoms with Crippen LogP contribution in [0, 0.1) is 5.41 Å². The number of nitrogens with zero attached hydrogens (tertiary/aromatic N) is 1. The number of aliphatic hydroxyl groups excluding tert-OH is 5. The summed E-state index contributed by atoms with van der Waals surface area (Å²) in [5, 5.41) is 58.4. The van der Waals surface area contributed by atoms with Crippen molar-refractivity contribution in [1.82, 2.24) is 4.90 Å². The van der Waals surface area contributed by atoms with Crippen LogP contribution in [-0.2, 0) is 9.59 Å². The summed E-state index contributed by atoms with van der Waals surface area (Å²) in [6.07, 6.45) is -6.84. The minimum Gasteiger partial charge on any atom is -0.480 e. The normalized spacial score (nSPS) is 15.7. The zero-order valence-electron chi connectivity index (χ0n) is 11.3. The Bertz CT molecular complexity index is 340. The fourth-order valence-electron chi connectivity index (χ4n) is 0.906. The van der Waals surface area contributed by atoms with Crippen LogP contribution in [0.3, 0.4) is 0 Å². The average molecular weight is 311 g/mol. The van der Waals surface area contributed by atoms with Crippen molar-refractivity contribution in [3.63, 3.8) is 0 Å². The number of guanidine groups is 1. The molecule has 11 nitrogen and oxygen atoms in total. The highest BCUT2D eigenvalue weighted by atomic mass is 16.4. The molecule has 9 N–H and O–H groups in total. The lowest BCUT2D eigenvalue weighted by molar-refractivity contribution is -0.137. The van der Waals surface area contributed by atoms with Gasteiger partial charge in [-0.15, -0.1) is 0 Å². The number of hydrogen-bond donors (Lipinski definition) is 8. The molecule has 0 amide bonds. The summed E-state index contributed by atoms with van der Waals surface area (Å²) in [6, 6.07) is 0. The lowest BCUT2D eigenvalue weighted by atomic mass is 10.0. The van der Waals surface area contributed by atoms with Crippen LogP contribution in [0.15, 0.2) is 0 Å². The number of aldehydes is 1. The van der Waals surface area contributed by atoms with Gasteiger partial charge in [0.25, 0.3) is 0 Å². The Morgan fingerprint density at radius 2 is 1.76 bits per heavy atom. The predicted octanol–water partition coefficient (Wildman–Crippen LogP) is -4.48. The summed E-state index contributed by atoms with van der Waals surface area (Å²) >= 11 is 0. The van der Waals surface area contributed by atoms with Crippen molar-refractivity contribution in [2.45, 2.75) is 24.4 Å². The Balaban J connectivity index is 0. The second-order valence-electron chi connectivity index (χ2n) is 3.99. The number of carbonyl (C=O) groups is 2. The van der Waals surface area contributed by atoms with E-state index in [0.717, 1.165) is 4.90 Å². The largest absolute Gasteiger partial charge is 0.480 e. The van der Waals surface area contributed by atoms with Crippen molar-refractivity contribution in [3.8, 4) is 0 Å². The van der Waals surface area contributed by atoms with Gasteiger partial charge in [0.05, 0.1) is 6.61 Å². The standard InChI is InChI=1S/C6H12O6.C4H9N3O2/c7-1-3(9)5(11)6(12)4(10)2-8;1-7(4(5)6)2-3(8)9/h1,3-6,8-12H,2H2;2H2,1H3,(H3,5,6)(H,8,9)/t3-,4+,5+,6+;/m0./s1. The highest BCUT2D eigenvalue weighted by Gasteiger charge is 2.29. The molecular formula is C10H21N3O8. The van der Waals surface area contributed by atoms with Crippen LogP contribution in [0.1, 0.15) is 0 Å². The van der Waals surface area contributed by atoms with E-state index in [-0.39, 0.29) is 18.8 Å². The van der Waals surface area contributed by atoms with Crippen LogP contribution >= 0.6 is 0 Å². The molecule has 11 heteroatoms. The number of carboxylic acid groups (broad SMARTS) is 1. The molecule has 0 aromatic rings. The molecule has 0 radical (unpaired) electrons. The van der Waals surface area contributed by atoms with Crippen molar-refractivity contribution in [2.75, 3.05) is 20.2 Å². The topological polar surface area (TPSA) is 209 Å². The Labute approximate surface area is 120 Å². The number of carboxylic acids is 1. The molecule has 0 aromatic carbocycles. The lowest BCUT2D eigenvalue weighted by Crippen LogP contribution is -2.46. The predicted molar refractivity (Wildman–Crippen MR) is 69.4 cm³/mol. The molecule has 0 spiro atoms. The summed E-state index contributed by atoms with van der Waals surface area (Å²) in [4.78, 5) is 20.9. The fourth-order valence-corrected chi connectivity index (χ4v) is 0.906. The Hall–Kier alpha value is -1.79. The third kappa shape index (κ3) is 9.70. The minimum absolute atomic E-state index is 0.0258. The highest BCUT2D eigenvalue weighted by Crippen LogP contribution is 2.02. The summed E-state index contributed by atoms with van der Waals surface area (Å²) in [5.41, 5.74) is 4.93. The molecule has 0 fully saturated rings. The number of likely N-dealkylation sites (N-methyl/N-ethyl adjacent to an activating group) is 1. The van der Waals surface area contributed by atoms with Crippen LogP contribution < -0.4 is 5.73 Å². The van der Waals surface area contributed by atoms with Gasteiger partial charge in [-0.3, -0.25) is 10.2 Å². The molecule has 0 saturated carbocycles. The van der Waals surface area contributed by atoms with Crippen molar-refractivity contribution in [3.05, 3.63) is 0 Å². The maximum Gasteiger partial charge on any atom is 0.323 e. The number of aliphatic hydroxyl groups is 5. The van der Waals surface area contributed by atoms with Crippen LogP contribution in [0.5, 0.6) is 0 Å². The molecule has 4 atom stereocenters. The van der Waals surface area contributed by atoms with Gasteiger partial charge in [0, 0.05) is 7.05 Å². The minimum atomic E-state index is -1.79. The molecule has 0 aliphatic rings. The molecular weight excluding hydrogens is 290 g/mol. The van der Waals surface area contributed by atoms with Crippen molar-refractivity contribution < 1.29 is 40.2 Å². The summed E-state index contributed by atoms with van der Waals surface area (Å²) in [6.45, 7) is -0.987. The van der Waals surface area contributed by atoms with Crippen LogP contribution in [-0.4, -0.2) is 98.4 Å². The number of hydrogen-bond acceptors (Lipinski definition) is 8. The van der Waals surface area contributed by atoms with Gasteiger partial charge < -0.3 is 46.1 Å². The van der Waals surface area contributed by atoms with Crippen LogP contribution in [0.25, 0.3) is 0 Å². The highest BCUT2D eigenvalue weighted by molar-refractivity contribution is 5.79. The van der Waals surface area contributed by atoms with Crippen LogP contribution in [0.2, 0.25) is 0 Å². The molecule has 0 rings (SSSR count). The first kappa shape index (κ1) is 21.5. The number of nitrogens with two attached hydrogens (primary N) is 1. The summed E-state index contributed by atoms with van der Waals surface area (Å²) in [5.74, 6) is -1.23. The van der Waals surface area contributed by atoms with Crippen molar-refractivity contribution in [1.29, 1.82) is 5.41 Å². The fraction of sp³-hybridized carbons (Fsp3) is 0.700. The molecule has 0 bridgehead atoms. The summed E-state index contributed by atoms with van der Waals surface area (Å²) < 4.78 is 0. The van der Waals surface area contributed by atoms with E-state index >= 15 is 0 Å². The van der Waals surface area contributed by atoms with E-state index < -0.39 is 37.0 Å². The maximum absolute atomic E-state index is 9.92. The van der Waals surface area contributed by atoms with E-state index in [4.69, 9.17) is 41.8 Å². The van der Waals surface area contributed by atoms with Gasteiger partial charge in [0.2, 0.25) is 0 Å². The lowest BCUT2D eigenvalue weighted by Gasteiger charge is -2.22. The van der Waals surface area contributed by atoms with Gasteiger partial charge in [0.15, 0.2) is 12.2 Å². The zero-order chi connectivity index (χ0) is 17.2. The first-order chi connectivity index (χ1) is 9.58. The van der Waals surface area contributed by atoms with Gasteiger partial charge in [0.1, 0.15) is 31.0 Å². The smallest absolute Gasteiger partial charge is 0.323 e. The second kappa shape index (κ2) is 10.9. The molecule has 0 aliphatic carbocycles. The van der Waals surface area contributed by atoms with E-state index in [1.54, 1.807) is 0 Å². The van der Waals surface area contributed by atoms with Gasteiger partial charge in [-0.05, 0) is 0 Å². The van der Waals surface area contributed by atoms with E-state index in [1.165, 1.54) is 7.05 Å². The van der Waals surface area contributed by atoms with E-state index in [1.807, 2.05) is 0 Å². The van der Waals surface area contributed by atoms with Crippen LogP contribution in [0.4, 0.5) is 0 Å². The number of carbonyl (C=O) groups excluding carboxylic acids is 1.